The first-order valence-corrected chi connectivity index (χ1v) is 15.9. The van der Waals surface area contributed by atoms with E-state index in [0.717, 1.165) is 43.5 Å². The minimum Gasteiger partial charge on any atom is -0.492 e. The maximum atomic E-state index is 12.1. The molecule has 2 atom stereocenters. The Hall–Kier alpha value is -3.93. The van der Waals surface area contributed by atoms with Gasteiger partial charge in [0, 0.05) is 20.1 Å². The maximum absolute atomic E-state index is 12.1. The Labute approximate surface area is 262 Å². The Balaban J connectivity index is 1.31. The SMILES string of the molecule is CCCc1ccc2c(c1)CCc1cc(-c3ccccc3)ccc1C2N(C)CCOc1ccc(CC(OC)C(=O)OCC)cc1. The third-order valence-corrected chi connectivity index (χ3v) is 8.58. The zero-order chi connectivity index (χ0) is 30.9. The number of esters is 1. The molecule has 0 saturated heterocycles. The van der Waals surface area contributed by atoms with E-state index < -0.39 is 6.10 Å². The summed E-state index contributed by atoms with van der Waals surface area (Å²) in [5, 5.41) is 0. The van der Waals surface area contributed by atoms with Crippen LogP contribution in [0, 0.1) is 0 Å². The van der Waals surface area contributed by atoms with E-state index in [-0.39, 0.29) is 12.0 Å². The highest BCUT2D eigenvalue weighted by molar-refractivity contribution is 5.75. The quantitative estimate of drug-likeness (QED) is 0.150. The molecule has 1 aliphatic rings. The van der Waals surface area contributed by atoms with Crippen LogP contribution in [-0.4, -0.2) is 50.9 Å². The topological polar surface area (TPSA) is 48.0 Å². The van der Waals surface area contributed by atoms with Crippen molar-refractivity contribution in [1.29, 1.82) is 0 Å². The Bertz CT molecular complexity index is 1520. The molecule has 5 rings (SSSR count). The van der Waals surface area contributed by atoms with Crippen LogP contribution < -0.4 is 4.74 Å². The number of ether oxygens (including phenoxy) is 3. The van der Waals surface area contributed by atoms with E-state index in [1.807, 2.05) is 24.3 Å². The van der Waals surface area contributed by atoms with Crippen LogP contribution >= 0.6 is 0 Å². The monoisotopic (exact) mass is 591 g/mol. The number of rotatable bonds is 13. The second kappa shape index (κ2) is 15.2. The summed E-state index contributed by atoms with van der Waals surface area (Å²) in [6, 6.07) is 32.9. The molecular weight excluding hydrogens is 546 g/mol. The van der Waals surface area contributed by atoms with Crippen molar-refractivity contribution in [2.45, 2.75) is 58.1 Å². The molecule has 0 N–H and O–H groups in total. The lowest BCUT2D eigenvalue weighted by molar-refractivity contribution is -0.154. The summed E-state index contributed by atoms with van der Waals surface area (Å²) in [5.41, 5.74) is 10.6. The van der Waals surface area contributed by atoms with Crippen molar-refractivity contribution in [2.75, 3.05) is 33.9 Å². The van der Waals surface area contributed by atoms with Crippen molar-refractivity contribution in [2.24, 2.45) is 0 Å². The molecular formula is C39H45NO4. The number of hydrogen-bond acceptors (Lipinski definition) is 5. The standard InChI is InChI=1S/C39H45NO4/c1-5-10-28-15-21-35-32(25-28)16-17-33-27-31(30-11-8-7-9-12-30)18-22-36(33)38(35)40(3)23-24-44-34-19-13-29(14-20-34)26-37(42-4)39(41)43-6-2/h7-9,11-15,18-22,25,27,37-38H,5-6,10,16-17,23-24,26H2,1-4H3. The zero-order valence-corrected chi connectivity index (χ0v) is 26.6. The molecule has 4 aromatic carbocycles. The third-order valence-electron chi connectivity index (χ3n) is 8.58. The summed E-state index contributed by atoms with van der Waals surface area (Å²) in [6.45, 7) is 5.73. The number of methoxy groups -OCH3 is 1. The van der Waals surface area contributed by atoms with E-state index in [1.165, 1.54) is 46.1 Å². The van der Waals surface area contributed by atoms with E-state index in [2.05, 4.69) is 85.6 Å². The predicted molar refractivity (Wildman–Crippen MR) is 177 cm³/mol. The molecule has 230 valence electrons. The normalized spacial score (nSPS) is 14.8. The Morgan fingerprint density at radius 1 is 0.841 bits per heavy atom. The van der Waals surface area contributed by atoms with Gasteiger partial charge in [-0.1, -0.05) is 92.2 Å². The van der Waals surface area contributed by atoms with Crippen molar-refractivity contribution in [3.05, 3.63) is 124 Å². The van der Waals surface area contributed by atoms with Gasteiger partial charge in [-0.3, -0.25) is 4.90 Å². The van der Waals surface area contributed by atoms with Gasteiger partial charge in [-0.2, -0.15) is 0 Å². The molecule has 5 nitrogen and oxygen atoms in total. The molecule has 0 radical (unpaired) electrons. The van der Waals surface area contributed by atoms with Gasteiger partial charge in [-0.25, -0.2) is 4.79 Å². The van der Waals surface area contributed by atoms with Crippen LogP contribution in [0.25, 0.3) is 11.1 Å². The van der Waals surface area contributed by atoms with Crippen molar-refractivity contribution in [3.8, 4) is 16.9 Å². The van der Waals surface area contributed by atoms with Crippen LogP contribution in [0.2, 0.25) is 0 Å². The summed E-state index contributed by atoms with van der Waals surface area (Å²) in [5.74, 6) is 0.475. The van der Waals surface area contributed by atoms with Gasteiger partial charge in [0.05, 0.1) is 12.6 Å². The minimum absolute atomic E-state index is 0.155. The highest BCUT2D eigenvalue weighted by atomic mass is 16.6. The number of hydrogen-bond donors (Lipinski definition) is 0. The van der Waals surface area contributed by atoms with E-state index in [4.69, 9.17) is 14.2 Å². The number of fused-ring (bicyclic) bond motifs is 2. The van der Waals surface area contributed by atoms with Gasteiger partial charge in [0.15, 0.2) is 6.10 Å². The summed E-state index contributed by atoms with van der Waals surface area (Å²) in [6.07, 6.45) is 4.20. The van der Waals surface area contributed by atoms with Gasteiger partial charge in [-0.15, -0.1) is 0 Å². The molecule has 1 aliphatic carbocycles. The molecule has 2 unspecified atom stereocenters. The molecule has 0 bridgehead atoms. The molecule has 4 aromatic rings. The van der Waals surface area contributed by atoms with Crippen LogP contribution in [-0.2, 0) is 40.0 Å². The van der Waals surface area contributed by atoms with Crippen LogP contribution in [0.1, 0.15) is 59.7 Å². The Morgan fingerprint density at radius 2 is 1.52 bits per heavy atom. The second-order valence-corrected chi connectivity index (χ2v) is 11.6. The smallest absolute Gasteiger partial charge is 0.335 e. The van der Waals surface area contributed by atoms with Gasteiger partial charge < -0.3 is 14.2 Å². The van der Waals surface area contributed by atoms with Gasteiger partial charge >= 0.3 is 5.97 Å². The van der Waals surface area contributed by atoms with Crippen LogP contribution in [0.15, 0.2) is 91.0 Å². The van der Waals surface area contributed by atoms with Gasteiger partial charge in [0.25, 0.3) is 0 Å². The Morgan fingerprint density at radius 3 is 2.20 bits per heavy atom. The fraction of sp³-hybridized carbons (Fsp3) is 0.359. The molecule has 44 heavy (non-hydrogen) atoms. The van der Waals surface area contributed by atoms with Crippen LogP contribution in [0.5, 0.6) is 5.75 Å². The fourth-order valence-electron chi connectivity index (χ4n) is 6.27. The average molecular weight is 592 g/mol. The zero-order valence-electron chi connectivity index (χ0n) is 26.6. The first-order valence-electron chi connectivity index (χ1n) is 15.9. The van der Waals surface area contributed by atoms with Crippen LogP contribution in [0.4, 0.5) is 0 Å². The van der Waals surface area contributed by atoms with Crippen molar-refractivity contribution in [3.63, 3.8) is 0 Å². The van der Waals surface area contributed by atoms with E-state index in [1.54, 1.807) is 6.92 Å². The van der Waals surface area contributed by atoms with Crippen molar-refractivity contribution < 1.29 is 19.0 Å². The first kappa shape index (κ1) is 31.5. The summed E-state index contributed by atoms with van der Waals surface area (Å²) >= 11 is 0. The average Bonchev–Trinajstić information content (AvgIpc) is 3.21. The van der Waals surface area contributed by atoms with Crippen molar-refractivity contribution in [1.82, 2.24) is 4.90 Å². The van der Waals surface area contributed by atoms with Gasteiger partial charge in [0.1, 0.15) is 12.4 Å². The number of carbonyl (C=O) groups excluding carboxylic acids is 1. The molecule has 0 aliphatic heterocycles. The highest BCUT2D eigenvalue weighted by Gasteiger charge is 2.27. The van der Waals surface area contributed by atoms with Crippen molar-refractivity contribution >= 4 is 5.97 Å². The highest BCUT2D eigenvalue weighted by Crippen LogP contribution is 2.38. The summed E-state index contributed by atoms with van der Waals surface area (Å²) in [7, 11) is 3.74. The molecule has 0 heterocycles. The number of carbonyl (C=O) groups is 1. The Kier molecular flexibility index (Phi) is 10.9. The predicted octanol–water partition coefficient (Wildman–Crippen LogP) is 7.63. The molecule has 0 saturated carbocycles. The third kappa shape index (κ3) is 7.58. The lowest BCUT2D eigenvalue weighted by atomic mass is 9.90. The van der Waals surface area contributed by atoms with E-state index in [0.29, 0.717) is 19.6 Å². The molecule has 0 aromatic heterocycles. The van der Waals surface area contributed by atoms with E-state index in [9.17, 15) is 4.79 Å². The lowest BCUT2D eigenvalue weighted by Crippen LogP contribution is -2.30. The maximum Gasteiger partial charge on any atom is 0.335 e. The summed E-state index contributed by atoms with van der Waals surface area (Å²) < 4.78 is 16.7. The number of likely N-dealkylation sites (N-methyl/N-ethyl adjacent to an activating group) is 1. The minimum atomic E-state index is -0.609. The molecule has 0 spiro atoms. The first-order chi connectivity index (χ1) is 21.5. The number of aryl methyl sites for hydroxylation is 3. The molecule has 0 amide bonds. The fourth-order valence-corrected chi connectivity index (χ4v) is 6.27. The van der Waals surface area contributed by atoms with E-state index >= 15 is 0 Å². The number of benzene rings is 4. The van der Waals surface area contributed by atoms with Gasteiger partial charge in [-0.05, 0) is 89.9 Å². The number of nitrogens with zero attached hydrogens (tertiary/aromatic N) is 1. The van der Waals surface area contributed by atoms with Crippen LogP contribution in [0.3, 0.4) is 0 Å². The summed E-state index contributed by atoms with van der Waals surface area (Å²) in [4.78, 5) is 14.5. The largest absolute Gasteiger partial charge is 0.492 e. The molecule has 5 heteroatoms. The second-order valence-electron chi connectivity index (χ2n) is 11.6. The van der Waals surface area contributed by atoms with Gasteiger partial charge in [0.2, 0.25) is 0 Å². The lowest BCUT2D eigenvalue weighted by Gasteiger charge is -2.31. The molecule has 0 fully saturated rings.